The summed E-state index contributed by atoms with van der Waals surface area (Å²) in [7, 11) is 0. The lowest BCUT2D eigenvalue weighted by molar-refractivity contribution is -0.137. The lowest BCUT2D eigenvalue weighted by Gasteiger charge is -2.14. The summed E-state index contributed by atoms with van der Waals surface area (Å²) in [4.78, 5) is 24.7. The standard InChI is InChI=1S/C14H15F3N4O2/c1-8(9-3-2-4-10(7-9)14(15,16)17)5-6-18-12(22)11-19-13(23)21-20-11/h2-4,7-8H,5-6H2,1H3,(H,18,22)(H2,19,20,21,23). The number of alkyl halides is 3. The van der Waals surface area contributed by atoms with Gasteiger partial charge in [0.15, 0.2) is 0 Å². The predicted octanol–water partition coefficient (Wildman–Crippen LogP) is 2.04. The Morgan fingerprint density at radius 1 is 1.39 bits per heavy atom. The summed E-state index contributed by atoms with van der Waals surface area (Å²) >= 11 is 0. The Morgan fingerprint density at radius 3 is 2.74 bits per heavy atom. The summed E-state index contributed by atoms with van der Waals surface area (Å²) < 4.78 is 38.0. The normalized spacial score (nSPS) is 12.9. The molecule has 3 N–H and O–H groups in total. The first-order valence-corrected chi connectivity index (χ1v) is 6.87. The van der Waals surface area contributed by atoms with Crippen LogP contribution in [-0.4, -0.2) is 27.6 Å². The second-order valence-electron chi connectivity index (χ2n) is 5.10. The molecule has 1 unspecified atom stereocenters. The van der Waals surface area contributed by atoms with Crippen molar-refractivity contribution in [1.29, 1.82) is 0 Å². The molecule has 0 aliphatic heterocycles. The number of nitrogens with one attached hydrogen (secondary N) is 3. The second kappa shape index (κ2) is 6.67. The van der Waals surface area contributed by atoms with Crippen LogP contribution in [0.4, 0.5) is 13.2 Å². The molecule has 2 rings (SSSR count). The molecule has 1 heterocycles. The van der Waals surface area contributed by atoms with E-state index in [0.717, 1.165) is 12.1 Å². The lowest BCUT2D eigenvalue weighted by Crippen LogP contribution is -2.26. The zero-order valence-electron chi connectivity index (χ0n) is 12.2. The summed E-state index contributed by atoms with van der Waals surface area (Å²) in [6, 6.07) is 5.11. The van der Waals surface area contributed by atoms with E-state index in [1.807, 2.05) is 0 Å². The van der Waals surface area contributed by atoms with Crippen molar-refractivity contribution in [3.8, 4) is 0 Å². The van der Waals surface area contributed by atoms with Gasteiger partial charge >= 0.3 is 11.9 Å². The Labute approximate surface area is 129 Å². The number of H-pyrrole nitrogens is 2. The number of carbonyl (C=O) groups excluding carboxylic acids is 1. The lowest BCUT2D eigenvalue weighted by atomic mass is 9.96. The average molecular weight is 328 g/mol. The van der Waals surface area contributed by atoms with Gasteiger partial charge in [-0.1, -0.05) is 25.1 Å². The molecule has 2 aromatic rings. The molecule has 1 atom stereocenters. The number of carbonyl (C=O) groups is 1. The van der Waals surface area contributed by atoms with E-state index in [1.54, 1.807) is 13.0 Å². The molecule has 124 valence electrons. The smallest absolute Gasteiger partial charge is 0.349 e. The quantitative estimate of drug-likeness (QED) is 0.784. The Bertz CT molecular complexity index is 736. The number of hydrogen-bond donors (Lipinski definition) is 3. The fourth-order valence-electron chi connectivity index (χ4n) is 2.05. The first-order chi connectivity index (χ1) is 10.8. The minimum atomic E-state index is -4.38. The van der Waals surface area contributed by atoms with Gasteiger partial charge in [-0.3, -0.25) is 9.78 Å². The predicted molar refractivity (Wildman–Crippen MR) is 76.0 cm³/mol. The van der Waals surface area contributed by atoms with Crippen molar-refractivity contribution < 1.29 is 18.0 Å². The third-order valence-corrected chi connectivity index (χ3v) is 3.36. The Morgan fingerprint density at radius 2 is 2.13 bits per heavy atom. The molecule has 0 aliphatic carbocycles. The molecule has 0 saturated carbocycles. The molecule has 6 nitrogen and oxygen atoms in total. The highest BCUT2D eigenvalue weighted by Crippen LogP contribution is 2.31. The van der Waals surface area contributed by atoms with Crippen molar-refractivity contribution in [2.45, 2.75) is 25.4 Å². The highest BCUT2D eigenvalue weighted by Gasteiger charge is 2.30. The van der Waals surface area contributed by atoms with Crippen LogP contribution in [0.15, 0.2) is 29.1 Å². The van der Waals surface area contributed by atoms with Crippen molar-refractivity contribution in [2.24, 2.45) is 0 Å². The van der Waals surface area contributed by atoms with Crippen LogP contribution < -0.4 is 11.0 Å². The molecule has 0 aliphatic rings. The summed E-state index contributed by atoms with van der Waals surface area (Å²) in [6.07, 6.45) is -3.93. The zero-order chi connectivity index (χ0) is 17.0. The van der Waals surface area contributed by atoms with Gasteiger partial charge < -0.3 is 5.32 Å². The van der Waals surface area contributed by atoms with Gasteiger partial charge in [0.2, 0.25) is 5.82 Å². The molecule has 0 radical (unpaired) electrons. The molecule has 1 amide bonds. The highest BCUT2D eigenvalue weighted by molar-refractivity contribution is 5.90. The SMILES string of the molecule is CC(CCNC(=O)c1n[nH]c(=O)[nH]1)c1cccc(C(F)(F)F)c1. The Hall–Kier alpha value is -2.58. The summed E-state index contributed by atoms with van der Waals surface area (Å²) in [5.74, 6) is -0.864. The van der Waals surface area contributed by atoms with E-state index in [0.29, 0.717) is 12.0 Å². The van der Waals surface area contributed by atoms with Crippen LogP contribution in [0, 0.1) is 0 Å². The average Bonchev–Trinajstić information content (AvgIpc) is 2.93. The molecule has 0 fully saturated rings. The Balaban J connectivity index is 1.91. The van der Waals surface area contributed by atoms with Gasteiger partial charge in [-0.2, -0.15) is 13.2 Å². The first kappa shape index (κ1) is 16.8. The highest BCUT2D eigenvalue weighted by atomic mass is 19.4. The van der Waals surface area contributed by atoms with Crippen molar-refractivity contribution in [3.63, 3.8) is 0 Å². The van der Waals surface area contributed by atoms with Crippen molar-refractivity contribution in [3.05, 3.63) is 51.7 Å². The molecular formula is C14H15F3N4O2. The van der Waals surface area contributed by atoms with Crippen LogP contribution in [0.1, 0.15) is 41.0 Å². The summed E-state index contributed by atoms with van der Waals surface area (Å²) in [6.45, 7) is 2.02. The summed E-state index contributed by atoms with van der Waals surface area (Å²) in [5.41, 5.74) is -0.741. The number of aromatic amines is 2. The molecule has 9 heteroatoms. The van der Waals surface area contributed by atoms with E-state index < -0.39 is 23.3 Å². The van der Waals surface area contributed by atoms with Crippen molar-refractivity contribution >= 4 is 5.91 Å². The minimum absolute atomic E-state index is 0.137. The topological polar surface area (TPSA) is 90.6 Å². The van der Waals surface area contributed by atoms with Gasteiger partial charge in [0, 0.05) is 6.54 Å². The molecule has 0 saturated heterocycles. The van der Waals surface area contributed by atoms with Gasteiger partial charge in [-0.25, -0.2) is 9.89 Å². The second-order valence-corrected chi connectivity index (χ2v) is 5.10. The van der Waals surface area contributed by atoms with Gasteiger partial charge in [0.25, 0.3) is 5.91 Å². The van der Waals surface area contributed by atoms with E-state index >= 15 is 0 Å². The molecule has 1 aromatic heterocycles. The van der Waals surface area contributed by atoms with Gasteiger partial charge in [0.05, 0.1) is 5.56 Å². The molecule has 0 bridgehead atoms. The number of amides is 1. The third-order valence-electron chi connectivity index (χ3n) is 3.36. The number of rotatable bonds is 5. The van der Waals surface area contributed by atoms with E-state index in [2.05, 4.69) is 20.5 Å². The molecular weight excluding hydrogens is 313 g/mol. The van der Waals surface area contributed by atoms with Crippen LogP contribution in [0.2, 0.25) is 0 Å². The van der Waals surface area contributed by atoms with Gasteiger partial charge in [-0.15, -0.1) is 5.10 Å². The summed E-state index contributed by atoms with van der Waals surface area (Å²) in [5, 5.41) is 8.09. The molecule has 23 heavy (non-hydrogen) atoms. The maximum atomic E-state index is 12.7. The van der Waals surface area contributed by atoms with Gasteiger partial charge in [-0.05, 0) is 24.0 Å². The van der Waals surface area contributed by atoms with Crippen LogP contribution in [0.5, 0.6) is 0 Å². The number of aromatic nitrogens is 3. The van der Waals surface area contributed by atoms with Crippen LogP contribution in [0.25, 0.3) is 0 Å². The van der Waals surface area contributed by atoms with Gasteiger partial charge in [0.1, 0.15) is 0 Å². The third kappa shape index (κ3) is 4.44. The zero-order valence-corrected chi connectivity index (χ0v) is 12.2. The number of halogens is 3. The van der Waals surface area contributed by atoms with E-state index in [4.69, 9.17) is 0 Å². The number of nitrogens with zero attached hydrogens (tertiary/aromatic N) is 1. The van der Waals surface area contributed by atoms with Crippen LogP contribution >= 0.6 is 0 Å². The number of benzene rings is 1. The van der Waals surface area contributed by atoms with E-state index in [-0.39, 0.29) is 18.3 Å². The number of hydrogen-bond acceptors (Lipinski definition) is 3. The van der Waals surface area contributed by atoms with Crippen LogP contribution in [0.3, 0.4) is 0 Å². The van der Waals surface area contributed by atoms with E-state index in [1.165, 1.54) is 6.07 Å². The monoisotopic (exact) mass is 328 g/mol. The van der Waals surface area contributed by atoms with Crippen LogP contribution in [-0.2, 0) is 6.18 Å². The fourth-order valence-corrected chi connectivity index (χ4v) is 2.05. The first-order valence-electron chi connectivity index (χ1n) is 6.87. The molecule has 1 aromatic carbocycles. The Kier molecular flexibility index (Phi) is 4.87. The van der Waals surface area contributed by atoms with Crippen molar-refractivity contribution in [1.82, 2.24) is 20.5 Å². The fraction of sp³-hybridized carbons (Fsp3) is 0.357. The van der Waals surface area contributed by atoms with Crippen molar-refractivity contribution in [2.75, 3.05) is 6.54 Å². The largest absolute Gasteiger partial charge is 0.416 e. The van der Waals surface area contributed by atoms with E-state index in [9.17, 15) is 22.8 Å². The maximum Gasteiger partial charge on any atom is 0.416 e. The minimum Gasteiger partial charge on any atom is -0.349 e. The molecule has 0 spiro atoms. The maximum absolute atomic E-state index is 12.7.